The van der Waals surface area contributed by atoms with Gasteiger partial charge >= 0.3 is 0 Å². The average Bonchev–Trinajstić information content (AvgIpc) is 1.11. The van der Waals surface area contributed by atoms with Crippen LogP contribution in [0.1, 0.15) is 261 Å². The van der Waals surface area contributed by atoms with E-state index >= 15 is 0 Å². The second-order valence-electron chi connectivity index (χ2n) is 35.6. The predicted molar refractivity (Wildman–Crippen MR) is 411 cm³/mol. The Hall–Kier alpha value is -6.68. The Morgan fingerprint density at radius 2 is 0.529 bits per heavy atom. The quantitative estimate of drug-likeness (QED) is 0.0765. The van der Waals surface area contributed by atoms with E-state index in [9.17, 15) is 40.9 Å². The van der Waals surface area contributed by atoms with Crippen molar-refractivity contribution in [3.8, 4) is 23.0 Å². The molecule has 0 aliphatic heterocycles. The highest BCUT2D eigenvalue weighted by Gasteiger charge is 2.57. The van der Waals surface area contributed by atoms with Gasteiger partial charge in [0.2, 0.25) is 0 Å². The van der Waals surface area contributed by atoms with Gasteiger partial charge in [-0.25, -0.2) is 0 Å². The summed E-state index contributed by atoms with van der Waals surface area (Å²) in [4.78, 5) is 0. The smallest absolute Gasteiger partial charge is 0.118 e. The van der Waals surface area contributed by atoms with Crippen LogP contribution in [0.2, 0.25) is 0 Å². The summed E-state index contributed by atoms with van der Waals surface area (Å²) in [5.41, 5.74) is 31.9. The number of phenolic OH excluding ortho intramolecular Hbond substituents is 4. The highest BCUT2D eigenvalue weighted by atomic mass is 16.3. The third-order valence-corrected chi connectivity index (χ3v) is 30.3. The topological polar surface area (TPSA) is 162 Å². The fourth-order valence-electron chi connectivity index (χ4n) is 24.9. The molecule has 8 heteroatoms. The number of hydrogen-bond acceptors (Lipinski definition) is 8. The van der Waals surface area contributed by atoms with Crippen molar-refractivity contribution in [1.82, 2.24) is 0 Å². The summed E-state index contributed by atoms with van der Waals surface area (Å²) in [7, 11) is 0. The van der Waals surface area contributed by atoms with Crippen LogP contribution in [0.5, 0.6) is 23.0 Å². The molecular weight excluding hydrogens is 1260 g/mol. The van der Waals surface area contributed by atoms with Crippen molar-refractivity contribution >= 4 is 0 Å². The van der Waals surface area contributed by atoms with Crippen LogP contribution in [0.4, 0.5) is 0 Å². The number of aromatic hydroxyl groups is 4. The molecule has 8 N–H and O–H groups in total. The van der Waals surface area contributed by atoms with Crippen LogP contribution in [0.15, 0.2) is 154 Å². The van der Waals surface area contributed by atoms with Crippen molar-refractivity contribution < 1.29 is 40.9 Å². The molecule has 0 heterocycles. The van der Waals surface area contributed by atoms with Crippen molar-refractivity contribution in [2.24, 2.45) is 21.7 Å². The number of phenols is 4. The molecule has 0 amide bonds. The number of benzene rings is 6. The molecule has 6 aromatic rings. The first-order valence-corrected chi connectivity index (χ1v) is 39.7. The second-order valence-corrected chi connectivity index (χ2v) is 35.6. The summed E-state index contributed by atoms with van der Waals surface area (Å²) in [6.45, 7) is 22.3. The Balaban J connectivity index is 0.000000110. The number of allylic oxidation sites excluding steroid dienone is 4. The fraction of sp³-hybridized carbons (Fsp3) is 0.532. The highest BCUT2D eigenvalue weighted by molar-refractivity contribution is 5.61. The molecule has 6 aromatic carbocycles. The van der Waals surface area contributed by atoms with Crippen molar-refractivity contribution in [2.45, 2.75) is 295 Å². The number of rotatable bonds is 6. The number of aliphatic hydroxyl groups excluding tert-OH is 4. The van der Waals surface area contributed by atoms with Gasteiger partial charge in [0, 0.05) is 21.7 Å². The first-order chi connectivity index (χ1) is 48.7. The van der Waals surface area contributed by atoms with Crippen LogP contribution in [-0.2, 0) is 60.2 Å². The Bertz CT molecular complexity index is 4150. The van der Waals surface area contributed by atoms with E-state index in [-0.39, 0.29) is 67.7 Å². The zero-order valence-electron chi connectivity index (χ0n) is 63.1. The molecule has 8 nitrogen and oxygen atoms in total. The van der Waals surface area contributed by atoms with Crippen molar-refractivity contribution in [2.75, 3.05) is 0 Å². The van der Waals surface area contributed by atoms with Crippen LogP contribution in [0, 0.1) is 49.4 Å². The molecule has 0 unspecified atom stereocenters. The fourth-order valence-corrected chi connectivity index (χ4v) is 24.9. The Morgan fingerprint density at radius 3 is 0.784 bits per heavy atom. The molecule has 102 heavy (non-hydrogen) atoms. The molecule has 4 saturated carbocycles. The minimum Gasteiger partial charge on any atom is -0.508 e. The molecular formula is C94H116O8. The van der Waals surface area contributed by atoms with Gasteiger partial charge in [-0.1, -0.05) is 171 Å². The third kappa shape index (κ3) is 11.3. The van der Waals surface area contributed by atoms with Crippen LogP contribution in [0.3, 0.4) is 0 Å². The first kappa shape index (κ1) is 71.0. The van der Waals surface area contributed by atoms with Gasteiger partial charge in [-0.3, -0.25) is 0 Å². The maximum atomic E-state index is 10.5. The van der Waals surface area contributed by atoms with E-state index in [0.29, 0.717) is 23.0 Å². The van der Waals surface area contributed by atoms with Crippen LogP contribution >= 0.6 is 0 Å². The molecule has 12 aliphatic rings. The van der Waals surface area contributed by atoms with E-state index in [1.165, 1.54) is 81.3 Å². The van der Waals surface area contributed by atoms with Crippen LogP contribution < -0.4 is 0 Å². The summed E-state index contributed by atoms with van der Waals surface area (Å²) in [6, 6.07) is 38.0. The maximum absolute atomic E-state index is 10.5. The maximum Gasteiger partial charge on any atom is 0.118 e. The minimum atomic E-state index is -0.192. The zero-order chi connectivity index (χ0) is 71.8. The molecule has 18 rings (SSSR count). The van der Waals surface area contributed by atoms with Gasteiger partial charge in [0.25, 0.3) is 0 Å². The summed E-state index contributed by atoms with van der Waals surface area (Å²) < 4.78 is 0. The standard InChI is InChI=1S/2C26H30O2.2C21H28O2/c2*1-17-20-8-9-22-23-14-19(27)16-25(23,2)12-13-26(22,21(20)10-11-24(17)28)15-18-6-4-3-5-7-18;2*1-4-21-10-9-20(3)12-14(22)11-18(20)17(21)6-5-15-13(2)19(23)8-7-16(15)21/h2*3-7,10-11,19,27-28H,8-9,12-16H2,1-2H3;2*7-8,14,22-23H,4-6,9-12H2,1-3H3/t19-,25-,26+;19-,25-,26-;14-,20-,21+;14-,20-,21-/m0000/s1. The predicted octanol–water partition coefficient (Wildman–Crippen LogP) is 19.8. The molecule has 0 spiro atoms. The lowest BCUT2D eigenvalue weighted by atomic mass is 9.53. The summed E-state index contributed by atoms with van der Waals surface area (Å²) in [5, 5.41) is 82.4. The zero-order valence-corrected chi connectivity index (χ0v) is 63.1. The highest BCUT2D eigenvalue weighted by Crippen LogP contribution is 2.66. The number of hydrogen-bond donors (Lipinski definition) is 8. The Kier molecular flexibility index (Phi) is 18.2. The van der Waals surface area contributed by atoms with Crippen molar-refractivity contribution in [3.63, 3.8) is 0 Å². The molecule has 0 bridgehead atoms. The van der Waals surface area contributed by atoms with E-state index in [1.807, 2.05) is 24.3 Å². The molecule has 12 atom stereocenters. The minimum absolute atomic E-state index is 0.00625. The van der Waals surface area contributed by atoms with Gasteiger partial charge in [-0.15, -0.1) is 0 Å². The van der Waals surface area contributed by atoms with E-state index in [0.717, 1.165) is 176 Å². The van der Waals surface area contributed by atoms with Gasteiger partial charge in [0.1, 0.15) is 23.0 Å². The monoisotopic (exact) mass is 1370 g/mol. The van der Waals surface area contributed by atoms with E-state index in [4.69, 9.17) is 0 Å². The average molecular weight is 1370 g/mol. The van der Waals surface area contributed by atoms with Crippen molar-refractivity contribution in [1.29, 1.82) is 0 Å². The van der Waals surface area contributed by atoms with Gasteiger partial charge < -0.3 is 40.9 Å². The molecule has 0 saturated heterocycles. The molecule has 4 fully saturated rings. The van der Waals surface area contributed by atoms with Gasteiger partial charge in [0.05, 0.1) is 24.4 Å². The number of fused-ring (bicyclic) bond motifs is 16. The summed E-state index contributed by atoms with van der Waals surface area (Å²) >= 11 is 0. The lowest BCUT2D eigenvalue weighted by Gasteiger charge is -2.50. The summed E-state index contributed by atoms with van der Waals surface area (Å²) in [5.74, 6) is 1.70. The Morgan fingerprint density at radius 1 is 0.294 bits per heavy atom. The van der Waals surface area contributed by atoms with Crippen LogP contribution in [0.25, 0.3) is 0 Å². The van der Waals surface area contributed by atoms with Crippen LogP contribution in [-0.4, -0.2) is 65.3 Å². The normalized spacial score (nSPS) is 33.3. The molecule has 0 radical (unpaired) electrons. The van der Waals surface area contributed by atoms with Gasteiger partial charge in [-0.05, 0) is 331 Å². The lowest BCUT2D eigenvalue weighted by Crippen LogP contribution is -2.42. The molecule has 540 valence electrons. The SMILES string of the molecule is CC[C@@]12CC[C@@]3(C)C[C@@H](O)CC3=C1CCc1c2ccc(O)c1C.CC[C@]12CC[C@@]3(C)C[C@@H](O)CC3=C1CCc1c2ccc(O)c1C.Cc1c(O)ccc2c1CCC1=C3C[C@H](O)C[C@]3(C)CC[C@@]12Cc1ccccc1.Cc1c(O)ccc2c1CCC1=C3C[C@H](O)C[C@]3(C)CC[C@]12Cc1ccccc1. The lowest BCUT2D eigenvalue weighted by molar-refractivity contribution is 0.155. The molecule has 0 aromatic heterocycles. The number of aliphatic hydroxyl groups is 4. The second kappa shape index (κ2) is 26.1. The first-order valence-electron chi connectivity index (χ1n) is 39.7. The Labute approximate surface area is 608 Å². The van der Waals surface area contributed by atoms with E-state index in [2.05, 4.69) is 154 Å². The van der Waals surface area contributed by atoms with Gasteiger partial charge in [0.15, 0.2) is 0 Å². The third-order valence-electron chi connectivity index (χ3n) is 30.3. The van der Waals surface area contributed by atoms with Crippen molar-refractivity contribution in [3.05, 3.63) is 232 Å². The summed E-state index contributed by atoms with van der Waals surface area (Å²) in [6.07, 6.45) is 28.3. The van der Waals surface area contributed by atoms with E-state index in [1.54, 1.807) is 44.6 Å². The van der Waals surface area contributed by atoms with E-state index < -0.39 is 0 Å². The molecule has 12 aliphatic carbocycles. The van der Waals surface area contributed by atoms with Gasteiger partial charge in [-0.2, -0.15) is 0 Å². The largest absolute Gasteiger partial charge is 0.508 e.